The van der Waals surface area contributed by atoms with Crippen LogP contribution in [0.25, 0.3) is 5.57 Å². The van der Waals surface area contributed by atoms with E-state index in [1.165, 1.54) is 0 Å². The number of halogens is 3. The number of carbonyl (C=O) groups is 1. The fourth-order valence-corrected chi connectivity index (χ4v) is 5.23. The van der Waals surface area contributed by atoms with E-state index in [2.05, 4.69) is 48.3 Å². The van der Waals surface area contributed by atoms with Crippen LogP contribution in [0.1, 0.15) is 83.8 Å². The first-order chi connectivity index (χ1) is 15.2. The maximum atomic E-state index is 15.4. The van der Waals surface area contributed by atoms with Gasteiger partial charge in [0.1, 0.15) is 5.82 Å². The molecule has 0 spiro atoms. The van der Waals surface area contributed by atoms with Gasteiger partial charge in [-0.3, -0.25) is 4.79 Å². The van der Waals surface area contributed by atoms with Gasteiger partial charge in [-0.1, -0.05) is 71.2 Å². The average Bonchev–Trinajstić information content (AvgIpc) is 3.06. The summed E-state index contributed by atoms with van der Waals surface area (Å²) in [7, 11) is 0. The molecule has 1 aromatic rings. The molecule has 1 N–H and O–H groups in total. The summed E-state index contributed by atoms with van der Waals surface area (Å²) in [5.41, 5.74) is 3.11. The van der Waals surface area contributed by atoms with Crippen molar-refractivity contribution in [2.75, 3.05) is 0 Å². The highest BCUT2D eigenvalue weighted by Gasteiger charge is 2.48. The van der Waals surface area contributed by atoms with E-state index >= 15 is 4.39 Å². The highest BCUT2D eigenvalue weighted by Crippen LogP contribution is 2.52. The Hall–Kier alpha value is -1.39. The molecule has 1 heterocycles. The van der Waals surface area contributed by atoms with Gasteiger partial charge in [0.25, 0.3) is 0 Å². The van der Waals surface area contributed by atoms with Gasteiger partial charge in [0.15, 0.2) is 0 Å². The van der Waals surface area contributed by atoms with Crippen LogP contribution in [0.5, 0.6) is 0 Å². The SMILES string of the molecule is C=CC(C)CCCC1(CC)C(=O)NC(C(=C)CCC)=C1c1cc(Cl)c(Br)c(F)c1CCC. The highest BCUT2D eigenvalue weighted by atomic mass is 79.9. The summed E-state index contributed by atoms with van der Waals surface area (Å²) in [6.07, 6.45) is 8.12. The van der Waals surface area contributed by atoms with E-state index in [-0.39, 0.29) is 16.2 Å². The van der Waals surface area contributed by atoms with Gasteiger partial charge in [-0.15, -0.1) is 6.58 Å². The van der Waals surface area contributed by atoms with Gasteiger partial charge in [0, 0.05) is 5.70 Å². The van der Waals surface area contributed by atoms with Gasteiger partial charge in [0.2, 0.25) is 5.91 Å². The zero-order valence-corrected chi connectivity index (χ0v) is 22.2. The van der Waals surface area contributed by atoms with Crippen molar-refractivity contribution in [3.8, 4) is 0 Å². The Morgan fingerprint density at radius 1 is 1.34 bits per heavy atom. The lowest BCUT2D eigenvalue weighted by atomic mass is 9.70. The first-order valence-corrected chi connectivity index (χ1v) is 12.9. The molecule has 5 heteroatoms. The molecule has 176 valence electrons. The predicted octanol–water partition coefficient (Wildman–Crippen LogP) is 8.78. The minimum atomic E-state index is -0.737. The van der Waals surface area contributed by atoms with Gasteiger partial charge >= 0.3 is 0 Å². The predicted molar refractivity (Wildman–Crippen MR) is 138 cm³/mol. The molecule has 2 nitrogen and oxygen atoms in total. The molecule has 1 aliphatic rings. The number of allylic oxidation sites excluding steroid dienone is 2. The maximum absolute atomic E-state index is 15.4. The fraction of sp³-hybridized carbons (Fsp3) is 0.519. The fourth-order valence-electron chi connectivity index (χ4n) is 4.68. The molecule has 0 bridgehead atoms. The van der Waals surface area contributed by atoms with Crippen LogP contribution in [-0.4, -0.2) is 5.91 Å². The molecule has 0 saturated carbocycles. The summed E-state index contributed by atoms with van der Waals surface area (Å²) in [6, 6.07) is 1.82. The van der Waals surface area contributed by atoms with Crippen LogP contribution in [0.15, 0.2) is 41.0 Å². The molecule has 0 saturated heterocycles. The van der Waals surface area contributed by atoms with Crippen LogP contribution in [-0.2, 0) is 11.2 Å². The molecule has 32 heavy (non-hydrogen) atoms. The van der Waals surface area contributed by atoms with Crippen LogP contribution in [0.4, 0.5) is 4.39 Å². The quantitative estimate of drug-likeness (QED) is 0.215. The molecule has 2 unspecified atom stereocenters. The summed E-state index contributed by atoms with van der Waals surface area (Å²) >= 11 is 9.75. The molecule has 2 rings (SSSR count). The number of rotatable bonds is 12. The third kappa shape index (κ3) is 5.22. The monoisotopic (exact) mass is 523 g/mol. The second-order valence-corrected chi connectivity index (χ2v) is 10.1. The lowest BCUT2D eigenvalue weighted by Crippen LogP contribution is -2.34. The molecular formula is C27H36BrClFNO. The van der Waals surface area contributed by atoms with E-state index in [0.717, 1.165) is 54.5 Å². The highest BCUT2D eigenvalue weighted by molar-refractivity contribution is 9.10. The Morgan fingerprint density at radius 3 is 2.59 bits per heavy atom. The minimum Gasteiger partial charge on any atom is -0.325 e. The van der Waals surface area contributed by atoms with Gasteiger partial charge in [-0.25, -0.2) is 4.39 Å². The molecule has 0 aliphatic carbocycles. The smallest absolute Gasteiger partial charge is 0.235 e. The van der Waals surface area contributed by atoms with E-state index in [0.29, 0.717) is 35.8 Å². The van der Waals surface area contributed by atoms with Crippen LogP contribution in [0, 0.1) is 17.2 Å². The van der Waals surface area contributed by atoms with Crippen molar-refractivity contribution in [2.45, 2.75) is 79.1 Å². The van der Waals surface area contributed by atoms with Gasteiger partial charge < -0.3 is 5.32 Å². The van der Waals surface area contributed by atoms with E-state index in [1.54, 1.807) is 0 Å². The van der Waals surface area contributed by atoms with Crippen LogP contribution >= 0.6 is 27.5 Å². The molecule has 2 atom stereocenters. The molecule has 1 aromatic carbocycles. The van der Waals surface area contributed by atoms with E-state index in [9.17, 15) is 4.79 Å². The number of amides is 1. The third-order valence-electron chi connectivity index (χ3n) is 6.61. The molecule has 1 amide bonds. The topological polar surface area (TPSA) is 29.1 Å². The molecule has 0 fully saturated rings. The van der Waals surface area contributed by atoms with Crippen molar-refractivity contribution in [3.05, 3.63) is 63.0 Å². The molecule has 0 radical (unpaired) electrons. The van der Waals surface area contributed by atoms with Crippen molar-refractivity contribution in [1.29, 1.82) is 0 Å². The zero-order chi connectivity index (χ0) is 24.1. The Labute approximate surface area is 206 Å². The molecular weight excluding hydrogens is 489 g/mol. The van der Waals surface area contributed by atoms with Gasteiger partial charge in [-0.2, -0.15) is 0 Å². The standard InChI is InChI=1S/C27H36BrClFNO/c1-7-12-18(6)25-22(20-16-21(29)23(28)24(30)19(20)13-8-2)27(10-4,26(32)31-25)15-11-14-17(5)9-3/h9,16-17H,3,6-8,10-15H2,1-2,4-5H3,(H,31,32). The maximum Gasteiger partial charge on any atom is 0.235 e. The molecule has 0 aromatic heterocycles. The third-order valence-corrected chi connectivity index (χ3v) is 7.91. The normalized spacial score (nSPS) is 19.3. The summed E-state index contributed by atoms with van der Waals surface area (Å²) in [4.78, 5) is 13.5. The number of nitrogens with one attached hydrogen (secondary N) is 1. The molecule has 1 aliphatic heterocycles. The lowest BCUT2D eigenvalue weighted by Gasteiger charge is -2.31. The minimum absolute atomic E-state index is 0.0181. The Balaban J connectivity index is 2.77. The largest absolute Gasteiger partial charge is 0.325 e. The summed E-state index contributed by atoms with van der Waals surface area (Å²) in [5.74, 6) is 0.0212. The number of hydrogen-bond acceptors (Lipinski definition) is 1. The summed E-state index contributed by atoms with van der Waals surface area (Å²) < 4.78 is 15.7. The van der Waals surface area contributed by atoms with Crippen molar-refractivity contribution in [2.24, 2.45) is 11.3 Å². The van der Waals surface area contributed by atoms with Gasteiger partial charge in [0.05, 0.1) is 14.9 Å². The van der Waals surface area contributed by atoms with Crippen LogP contribution < -0.4 is 5.32 Å². The number of benzene rings is 1. The Bertz CT molecular complexity index is 923. The van der Waals surface area contributed by atoms with E-state index < -0.39 is 5.41 Å². The van der Waals surface area contributed by atoms with Crippen LogP contribution in [0.3, 0.4) is 0 Å². The van der Waals surface area contributed by atoms with Crippen molar-refractivity contribution >= 4 is 39.0 Å². The second kappa shape index (κ2) is 11.7. The Kier molecular flexibility index (Phi) is 9.78. The first-order valence-electron chi connectivity index (χ1n) is 11.7. The number of hydrogen-bond donors (Lipinski definition) is 1. The number of carbonyl (C=O) groups excluding carboxylic acids is 1. The summed E-state index contributed by atoms with van der Waals surface area (Å²) in [6.45, 7) is 16.4. The Morgan fingerprint density at radius 2 is 2.03 bits per heavy atom. The van der Waals surface area contributed by atoms with Crippen molar-refractivity contribution in [3.63, 3.8) is 0 Å². The van der Waals surface area contributed by atoms with Crippen LogP contribution in [0.2, 0.25) is 5.02 Å². The van der Waals surface area contributed by atoms with Crippen molar-refractivity contribution in [1.82, 2.24) is 5.32 Å². The zero-order valence-electron chi connectivity index (χ0n) is 19.8. The second-order valence-electron chi connectivity index (χ2n) is 8.86. The van der Waals surface area contributed by atoms with Crippen molar-refractivity contribution < 1.29 is 9.18 Å². The summed E-state index contributed by atoms with van der Waals surface area (Å²) in [5, 5.41) is 3.46. The van der Waals surface area contributed by atoms with E-state index in [1.807, 2.05) is 26.0 Å². The lowest BCUT2D eigenvalue weighted by molar-refractivity contribution is -0.126. The first kappa shape index (κ1) is 26.9. The average molecular weight is 525 g/mol. The van der Waals surface area contributed by atoms with Gasteiger partial charge in [-0.05, 0) is 82.3 Å². The van der Waals surface area contributed by atoms with E-state index in [4.69, 9.17) is 11.6 Å².